The van der Waals surface area contributed by atoms with Crippen LogP contribution in [-0.4, -0.2) is 44.7 Å². The van der Waals surface area contributed by atoms with Crippen molar-refractivity contribution in [3.05, 3.63) is 93.4 Å². The fraction of sp³-hybridized carbons (Fsp3) is 0.250. The Morgan fingerprint density at radius 3 is 2.54 bits per heavy atom. The van der Waals surface area contributed by atoms with Crippen molar-refractivity contribution in [1.82, 2.24) is 9.99 Å². The van der Waals surface area contributed by atoms with Gasteiger partial charge in [0, 0.05) is 34.3 Å². The van der Waals surface area contributed by atoms with Gasteiger partial charge in [-0.25, -0.2) is 5.01 Å². The van der Waals surface area contributed by atoms with Crippen molar-refractivity contribution >= 4 is 34.1 Å². The number of nitrogens with zero attached hydrogens (tertiary/aromatic N) is 2. The Labute approximate surface area is 220 Å². The molecule has 2 heterocycles. The van der Waals surface area contributed by atoms with E-state index in [1.54, 1.807) is 12.1 Å². The zero-order valence-electron chi connectivity index (χ0n) is 20.8. The van der Waals surface area contributed by atoms with Gasteiger partial charge in [-0.2, -0.15) is 5.10 Å². The number of fused-ring (bicyclic) bond motifs is 1. The monoisotopic (exact) mass is 522 g/mol. The number of hydrazone groups is 1. The lowest BCUT2D eigenvalue weighted by molar-refractivity contribution is -0.132. The fourth-order valence-corrected chi connectivity index (χ4v) is 4.57. The molecule has 8 nitrogen and oxygen atoms in total. The summed E-state index contributed by atoms with van der Waals surface area (Å²) >= 11 is 6.34. The lowest BCUT2D eigenvalue weighted by Gasteiger charge is -2.22. The van der Waals surface area contributed by atoms with E-state index in [4.69, 9.17) is 32.6 Å². The molecule has 1 unspecified atom stereocenters. The Hall–Kier alpha value is -3.72. The number of benzene rings is 2. The summed E-state index contributed by atoms with van der Waals surface area (Å²) in [6, 6.07) is 14.7. The number of aromatic nitrogens is 1. The molecule has 1 aliphatic heterocycles. The highest BCUT2D eigenvalue weighted by Gasteiger charge is 2.35. The molecule has 3 aromatic rings. The quantitative estimate of drug-likeness (QED) is 0.283. The summed E-state index contributed by atoms with van der Waals surface area (Å²) in [5.74, 6) is -0.104. The number of aliphatic hydroxyl groups excluding tert-OH is 1. The number of aliphatic hydroxyl groups is 2. The molecule has 37 heavy (non-hydrogen) atoms. The number of carbonyl (C=O) groups excluding carboxylic acids is 1. The fourth-order valence-electron chi connectivity index (χ4n) is 4.39. The summed E-state index contributed by atoms with van der Waals surface area (Å²) in [5.41, 5.74) is 9.70. The van der Waals surface area contributed by atoms with E-state index < -0.39 is 6.79 Å². The minimum atomic E-state index is -0.750. The lowest BCUT2D eigenvalue weighted by atomic mass is 9.91. The highest BCUT2D eigenvalue weighted by molar-refractivity contribution is 6.31. The second kappa shape index (κ2) is 13.0. The molecule has 1 aromatic heterocycles. The van der Waals surface area contributed by atoms with Crippen LogP contribution in [0.5, 0.6) is 0 Å². The second-order valence-electron chi connectivity index (χ2n) is 8.32. The third-order valence-corrected chi connectivity index (χ3v) is 6.13. The topological polar surface area (TPSA) is 132 Å². The van der Waals surface area contributed by atoms with E-state index in [-0.39, 0.29) is 17.5 Å². The summed E-state index contributed by atoms with van der Waals surface area (Å²) in [4.78, 5) is 29.4. The highest BCUT2D eigenvalue weighted by Crippen LogP contribution is 2.35. The minimum Gasteiger partial charge on any atom is -0.404 e. The van der Waals surface area contributed by atoms with Crippen LogP contribution in [0, 0.1) is 0 Å². The van der Waals surface area contributed by atoms with Crippen LogP contribution < -0.4 is 11.3 Å². The van der Waals surface area contributed by atoms with E-state index >= 15 is 0 Å². The summed E-state index contributed by atoms with van der Waals surface area (Å²) in [6.45, 7) is 3.09. The molecular weight excluding hydrogens is 492 g/mol. The van der Waals surface area contributed by atoms with Crippen molar-refractivity contribution in [1.29, 1.82) is 0 Å². The van der Waals surface area contributed by atoms with Gasteiger partial charge in [0.05, 0.1) is 17.3 Å². The number of rotatable bonds is 6. The number of nitrogens with one attached hydrogen (secondary N) is 1. The zero-order chi connectivity index (χ0) is 26.9. The van der Waals surface area contributed by atoms with Crippen LogP contribution in [0.4, 0.5) is 0 Å². The van der Waals surface area contributed by atoms with Gasteiger partial charge in [-0.3, -0.25) is 9.59 Å². The number of carbonyl (C=O) groups is 1. The average Bonchev–Trinajstić information content (AvgIpc) is 3.33. The molecule has 2 aromatic carbocycles. The molecule has 0 saturated carbocycles. The first kappa shape index (κ1) is 27.9. The highest BCUT2D eigenvalue weighted by atomic mass is 35.5. The predicted molar refractivity (Wildman–Crippen MR) is 148 cm³/mol. The Kier molecular flexibility index (Phi) is 9.79. The SMILES string of the molecule is C/C=C\C(=C/N)C1CC(c2c(-c3ccccc3)c3cc(Cl)ccc3[nH]c2=O)=NN1C(=O)CCC.OCO. The van der Waals surface area contributed by atoms with Crippen molar-refractivity contribution < 1.29 is 15.0 Å². The Morgan fingerprint density at radius 1 is 1.22 bits per heavy atom. The number of aromatic amines is 1. The lowest BCUT2D eigenvalue weighted by Crippen LogP contribution is -2.34. The largest absolute Gasteiger partial charge is 0.404 e. The molecule has 5 N–H and O–H groups in total. The molecule has 0 fully saturated rings. The predicted octanol–water partition coefficient (Wildman–Crippen LogP) is 4.30. The molecule has 9 heteroatoms. The van der Waals surface area contributed by atoms with Crippen LogP contribution in [0.3, 0.4) is 0 Å². The summed E-state index contributed by atoms with van der Waals surface area (Å²) in [5, 5.41) is 21.8. The molecule has 0 saturated heterocycles. The zero-order valence-corrected chi connectivity index (χ0v) is 21.6. The van der Waals surface area contributed by atoms with Crippen LogP contribution in [0.25, 0.3) is 22.0 Å². The molecule has 0 aliphatic carbocycles. The van der Waals surface area contributed by atoms with Crippen molar-refractivity contribution in [2.45, 2.75) is 39.2 Å². The first-order valence-electron chi connectivity index (χ1n) is 12.0. The number of hydrogen-bond acceptors (Lipinski definition) is 6. The Balaban J connectivity index is 0.00000121. The smallest absolute Gasteiger partial charge is 0.258 e. The van der Waals surface area contributed by atoms with Crippen LogP contribution in [0.15, 0.2) is 82.4 Å². The Bertz CT molecular complexity index is 1400. The molecule has 0 bridgehead atoms. The van der Waals surface area contributed by atoms with Gasteiger partial charge in [0.2, 0.25) is 5.91 Å². The van der Waals surface area contributed by atoms with Gasteiger partial charge in [-0.05, 0) is 48.9 Å². The van der Waals surface area contributed by atoms with Crippen LogP contribution in [-0.2, 0) is 4.79 Å². The van der Waals surface area contributed by atoms with Gasteiger partial charge in [0.25, 0.3) is 5.56 Å². The molecule has 4 rings (SSSR count). The van der Waals surface area contributed by atoms with Gasteiger partial charge in [0.15, 0.2) is 0 Å². The summed E-state index contributed by atoms with van der Waals surface area (Å²) in [7, 11) is 0. The van der Waals surface area contributed by atoms with E-state index in [9.17, 15) is 9.59 Å². The van der Waals surface area contributed by atoms with Crippen molar-refractivity contribution in [3.63, 3.8) is 0 Å². The Morgan fingerprint density at radius 2 is 1.92 bits per heavy atom. The number of allylic oxidation sites excluding steroid dienone is 1. The van der Waals surface area contributed by atoms with Gasteiger partial charge in [-0.1, -0.05) is 61.0 Å². The van der Waals surface area contributed by atoms with Crippen LogP contribution in [0.2, 0.25) is 5.02 Å². The standard InChI is InChI=1S/C27H27ClN4O2.CH4O2/c1-3-8-18(16-29)23-15-22(31-32(23)24(33)9-4-2)26-25(17-10-6-5-7-11-17)20-14-19(28)12-13-21(20)30-27(26)34;2-1-3/h3,5-8,10-14,16,23H,4,9,15,29H2,1-2H3,(H,30,34);2-3H,1H2/b8-3-,18-16+;. The van der Waals surface area contributed by atoms with Crippen LogP contribution >= 0.6 is 11.6 Å². The second-order valence-corrected chi connectivity index (χ2v) is 8.76. The van der Waals surface area contributed by atoms with Gasteiger partial charge >= 0.3 is 0 Å². The third kappa shape index (κ3) is 6.17. The number of nitrogens with two attached hydrogens (primary N) is 1. The number of pyridine rings is 1. The first-order valence-corrected chi connectivity index (χ1v) is 12.3. The van der Waals surface area contributed by atoms with E-state index in [0.717, 1.165) is 22.1 Å². The maximum absolute atomic E-state index is 13.4. The third-order valence-electron chi connectivity index (χ3n) is 5.89. The number of hydrogen-bond donors (Lipinski definition) is 4. The molecule has 1 aliphatic rings. The molecule has 1 amide bonds. The van der Waals surface area contributed by atoms with Gasteiger partial charge < -0.3 is 20.9 Å². The first-order chi connectivity index (χ1) is 17.9. The van der Waals surface area contributed by atoms with Crippen molar-refractivity contribution in [2.75, 3.05) is 6.79 Å². The summed E-state index contributed by atoms with van der Waals surface area (Å²) < 4.78 is 0. The maximum Gasteiger partial charge on any atom is 0.258 e. The van der Waals surface area contributed by atoms with Crippen molar-refractivity contribution in [2.24, 2.45) is 10.8 Å². The number of halogens is 1. The normalized spacial score (nSPS) is 15.6. The molecule has 0 spiro atoms. The molecule has 1 atom stereocenters. The number of H-pyrrole nitrogens is 1. The summed E-state index contributed by atoms with van der Waals surface area (Å²) in [6.07, 6.45) is 6.67. The minimum absolute atomic E-state index is 0.104. The number of amides is 1. The van der Waals surface area contributed by atoms with E-state index in [2.05, 4.69) is 4.98 Å². The van der Waals surface area contributed by atoms with Gasteiger partial charge in [-0.15, -0.1) is 0 Å². The average molecular weight is 523 g/mol. The van der Waals surface area contributed by atoms with Crippen LogP contribution in [0.1, 0.15) is 38.7 Å². The van der Waals surface area contributed by atoms with Crippen molar-refractivity contribution in [3.8, 4) is 11.1 Å². The molecule has 194 valence electrons. The molecular formula is C28H31ClN4O4. The van der Waals surface area contributed by atoms with E-state index in [1.807, 2.05) is 62.4 Å². The van der Waals surface area contributed by atoms with E-state index in [0.29, 0.717) is 41.1 Å². The maximum atomic E-state index is 13.4. The molecule has 0 radical (unpaired) electrons. The van der Waals surface area contributed by atoms with Gasteiger partial charge in [0.1, 0.15) is 6.79 Å². The van der Waals surface area contributed by atoms with E-state index in [1.165, 1.54) is 11.2 Å².